The molecule has 1 aliphatic heterocycles. The third-order valence-electron chi connectivity index (χ3n) is 2.90. The average molecular weight is 216 g/mol. The van der Waals surface area contributed by atoms with Crippen molar-refractivity contribution in [2.75, 3.05) is 39.3 Å². The molecule has 1 heterocycles. The Hall–Kier alpha value is -0.650. The van der Waals surface area contributed by atoms with E-state index in [2.05, 4.69) is 11.8 Å². The summed E-state index contributed by atoms with van der Waals surface area (Å²) in [5.74, 6) is -1.15. The summed E-state index contributed by atoms with van der Waals surface area (Å²) in [7, 11) is 0. The van der Waals surface area contributed by atoms with E-state index < -0.39 is 11.6 Å². The molecule has 0 amide bonds. The molecule has 1 unspecified atom stereocenters. The molecule has 0 aromatic heterocycles. The van der Waals surface area contributed by atoms with E-state index in [1.165, 1.54) is 6.92 Å². The van der Waals surface area contributed by atoms with Crippen molar-refractivity contribution in [1.29, 1.82) is 0 Å². The molecule has 5 heteroatoms. The van der Waals surface area contributed by atoms with Crippen LogP contribution >= 0.6 is 0 Å². The predicted octanol–water partition coefficient (Wildman–Crippen LogP) is -0.540. The van der Waals surface area contributed by atoms with E-state index >= 15 is 0 Å². The molecule has 2 N–H and O–H groups in total. The van der Waals surface area contributed by atoms with Crippen LogP contribution in [0.25, 0.3) is 0 Å². The Morgan fingerprint density at radius 1 is 1.27 bits per heavy atom. The van der Waals surface area contributed by atoms with Crippen LogP contribution in [0.5, 0.6) is 0 Å². The van der Waals surface area contributed by atoms with Crippen molar-refractivity contribution in [2.24, 2.45) is 0 Å². The largest absolute Gasteiger partial charge is 0.479 e. The highest BCUT2D eigenvalue weighted by molar-refractivity contribution is 5.76. The molecule has 5 nitrogen and oxygen atoms in total. The maximum Gasteiger partial charge on any atom is 0.336 e. The molecule has 88 valence electrons. The van der Waals surface area contributed by atoms with Crippen LogP contribution in [-0.4, -0.2) is 70.9 Å². The number of aliphatic carboxylic acids is 1. The molecule has 0 spiro atoms. The van der Waals surface area contributed by atoms with Gasteiger partial charge in [0.05, 0.1) is 0 Å². The Morgan fingerprint density at radius 3 is 2.13 bits per heavy atom. The number of aliphatic hydroxyl groups is 1. The number of hydrogen-bond donors (Lipinski definition) is 2. The summed E-state index contributed by atoms with van der Waals surface area (Å²) in [5, 5.41) is 18.4. The number of carboxylic acids is 1. The monoisotopic (exact) mass is 216 g/mol. The lowest BCUT2D eigenvalue weighted by molar-refractivity contribution is -0.158. The topological polar surface area (TPSA) is 64.0 Å². The third kappa shape index (κ3) is 3.44. The number of rotatable bonds is 4. The van der Waals surface area contributed by atoms with Crippen molar-refractivity contribution in [3.8, 4) is 0 Å². The fraction of sp³-hybridized carbons (Fsp3) is 0.900. The molecule has 1 rings (SSSR count). The number of carbonyl (C=O) groups is 1. The molecule has 0 radical (unpaired) electrons. The number of carboxylic acid groups (broad SMARTS) is 1. The van der Waals surface area contributed by atoms with Gasteiger partial charge in [-0.2, -0.15) is 0 Å². The van der Waals surface area contributed by atoms with E-state index in [9.17, 15) is 9.90 Å². The Labute approximate surface area is 90.3 Å². The van der Waals surface area contributed by atoms with E-state index in [1.54, 1.807) is 0 Å². The Balaban J connectivity index is 2.38. The smallest absolute Gasteiger partial charge is 0.336 e. The van der Waals surface area contributed by atoms with Gasteiger partial charge in [-0.25, -0.2) is 4.79 Å². The Bertz CT molecular complexity index is 223. The van der Waals surface area contributed by atoms with Crippen molar-refractivity contribution >= 4 is 5.97 Å². The van der Waals surface area contributed by atoms with Gasteiger partial charge < -0.3 is 15.1 Å². The minimum absolute atomic E-state index is 0.208. The zero-order valence-corrected chi connectivity index (χ0v) is 9.44. The average Bonchev–Trinajstić information content (AvgIpc) is 2.18. The van der Waals surface area contributed by atoms with Crippen molar-refractivity contribution in [3.63, 3.8) is 0 Å². The minimum Gasteiger partial charge on any atom is -0.479 e. The third-order valence-corrected chi connectivity index (χ3v) is 2.90. The number of β-amino-alcohol motifs (C(OH)–C–C–N with tert-alkyl or cyclic N) is 1. The lowest BCUT2D eigenvalue weighted by Gasteiger charge is -2.36. The number of hydrogen-bond acceptors (Lipinski definition) is 4. The van der Waals surface area contributed by atoms with Gasteiger partial charge in [0.1, 0.15) is 0 Å². The normalized spacial score (nSPS) is 23.7. The first-order valence-electron chi connectivity index (χ1n) is 5.36. The van der Waals surface area contributed by atoms with E-state index in [4.69, 9.17) is 5.11 Å². The molecule has 0 aliphatic carbocycles. The minimum atomic E-state index is -1.63. The van der Waals surface area contributed by atoms with E-state index in [0.29, 0.717) is 0 Å². The quantitative estimate of drug-likeness (QED) is 0.661. The number of piperazine rings is 1. The van der Waals surface area contributed by atoms with Crippen LogP contribution in [-0.2, 0) is 4.79 Å². The van der Waals surface area contributed by atoms with Crippen molar-refractivity contribution < 1.29 is 15.0 Å². The Morgan fingerprint density at radius 2 is 1.73 bits per heavy atom. The molecular weight excluding hydrogens is 196 g/mol. The van der Waals surface area contributed by atoms with Gasteiger partial charge in [-0.1, -0.05) is 6.92 Å². The molecule has 1 saturated heterocycles. The lowest BCUT2D eigenvalue weighted by atomic mass is 10.1. The van der Waals surface area contributed by atoms with E-state index in [1.807, 2.05) is 4.90 Å². The molecule has 0 aromatic rings. The van der Waals surface area contributed by atoms with E-state index in [-0.39, 0.29) is 6.54 Å². The maximum absolute atomic E-state index is 10.7. The zero-order valence-electron chi connectivity index (χ0n) is 9.44. The van der Waals surface area contributed by atoms with E-state index in [0.717, 1.165) is 32.7 Å². The van der Waals surface area contributed by atoms with Gasteiger partial charge in [-0.15, -0.1) is 0 Å². The molecule has 0 aromatic carbocycles. The summed E-state index contributed by atoms with van der Waals surface area (Å²) >= 11 is 0. The molecule has 1 atom stereocenters. The second-order valence-electron chi connectivity index (χ2n) is 4.29. The first kappa shape index (κ1) is 12.4. The first-order valence-corrected chi connectivity index (χ1v) is 5.36. The van der Waals surface area contributed by atoms with Gasteiger partial charge in [-0.3, -0.25) is 4.90 Å². The summed E-state index contributed by atoms with van der Waals surface area (Å²) in [4.78, 5) is 15.0. The molecule has 1 fully saturated rings. The van der Waals surface area contributed by atoms with Crippen molar-refractivity contribution in [1.82, 2.24) is 9.80 Å². The molecule has 0 saturated carbocycles. The van der Waals surface area contributed by atoms with Gasteiger partial charge in [0.15, 0.2) is 5.60 Å². The second-order valence-corrected chi connectivity index (χ2v) is 4.29. The molecular formula is C10H20N2O3. The van der Waals surface area contributed by atoms with Crippen LogP contribution in [0.15, 0.2) is 0 Å². The predicted molar refractivity (Wildman–Crippen MR) is 56.8 cm³/mol. The molecule has 0 bridgehead atoms. The lowest BCUT2D eigenvalue weighted by Crippen LogP contribution is -2.53. The second kappa shape index (κ2) is 4.92. The number of nitrogens with zero attached hydrogens (tertiary/aromatic N) is 2. The molecule has 15 heavy (non-hydrogen) atoms. The highest BCUT2D eigenvalue weighted by Gasteiger charge is 2.33. The SMILES string of the molecule is CCN1CCN(CC(C)(O)C(=O)O)CC1. The van der Waals surface area contributed by atoms with Crippen LogP contribution in [0.4, 0.5) is 0 Å². The van der Waals surface area contributed by atoms with Gasteiger partial charge in [-0.05, 0) is 13.5 Å². The highest BCUT2D eigenvalue weighted by atomic mass is 16.4. The van der Waals surface area contributed by atoms with Crippen LogP contribution in [0.1, 0.15) is 13.8 Å². The Kier molecular flexibility index (Phi) is 4.07. The van der Waals surface area contributed by atoms with Crippen molar-refractivity contribution in [2.45, 2.75) is 19.4 Å². The van der Waals surface area contributed by atoms with Crippen LogP contribution < -0.4 is 0 Å². The van der Waals surface area contributed by atoms with Gasteiger partial charge >= 0.3 is 5.97 Å². The highest BCUT2D eigenvalue weighted by Crippen LogP contribution is 2.09. The van der Waals surface area contributed by atoms with Crippen LogP contribution in [0.2, 0.25) is 0 Å². The molecule has 1 aliphatic rings. The van der Waals surface area contributed by atoms with Gasteiger partial charge in [0, 0.05) is 32.7 Å². The number of likely N-dealkylation sites (N-methyl/N-ethyl adjacent to an activating group) is 1. The summed E-state index contributed by atoms with van der Waals surface area (Å²) in [5.41, 5.74) is -1.63. The summed E-state index contributed by atoms with van der Waals surface area (Å²) in [6, 6.07) is 0. The zero-order chi connectivity index (χ0) is 11.5. The van der Waals surface area contributed by atoms with Gasteiger partial charge in [0.25, 0.3) is 0 Å². The fourth-order valence-corrected chi connectivity index (χ4v) is 1.77. The van der Waals surface area contributed by atoms with Crippen LogP contribution in [0, 0.1) is 0 Å². The van der Waals surface area contributed by atoms with Crippen molar-refractivity contribution in [3.05, 3.63) is 0 Å². The summed E-state index contributed by atoms with van der Waals surface area (Å²) in [6.07, 6.45) is 0. The first-order chi connectivity index (χ1) is 6.95. The van der Waals surface area contributed by atoms with Crippen LogP contribution in [0.3, 0.4) is 0 Å². The maximum atomic E-state index is 10.7. The standard InChI is InChI=1S/C10H20N2O3/c1-3-11-4-6-12(7-5-11)8-10(2,15)9(13)14/h15H,3-8H2,1-2H3,(H,13,14). The summed E-state index contributed by atoms with van der Waals surface area (Å²) < 4.78 is 0. The van der Waals surface area contributed by atoms with Gasteiger partial charge in [0.2, 0.25) is 0 Å². The summed E-state index contributed by atoms with van der Waals surface area (Å²) in [6.45, 7) is 8.26. The fourth-order valence-electron chi connectivity index (χ4n) is 1.77.